The third-order valence-electron chi connectivity index (χ3n) is 6.54. The second-order valence-corrected chi connectivity index (χ2v) is 8.97. The predicted octanol–water partition coefficient (Wildman–Crippen LogP) is 5.70. The highest BCUT2D eigenvalue weighted by Crippen LogP contribution is 2.37. The molecule has 168 valence electrons. The Labute approximate surface area is 190 Å². The van der Waals surface area contributed by atoms with E-state index in [4.69, 9.17) is 9.26 Å². The molecule has 1 aromatic heterocycles. The normalized spacial score (nSPS) is 15.3. The fourth-order valence-corrected chi connectivity index (χ4v) is 4.58. The van der Waals surface area contributed by atoms with Gasteiger partial charge < -0.3 is 14.6 Å². The Morgan fingerprint density at radius 3 is 2.31 bits per heavy atom. The van der Waals surface area contributed by atoms with Crippen molar-refractivity contribution in [2.24, 2.45) is 0 Å². The highest BCUT2D eigenvalue weighted by Gasteiger charge is 2.35. The van der Waals surface area contributed by atoms with Crippen molar-refractivity contribution in [1.29, 1.82) is 0 Å². The maximum Gasteiger partial charge on any atom is 0.225 e. The van der Waals surface area contributed by atoms with Crippen LogP contribution >= 0.6 is 0 Å². The van der Waals surface area contributed by atoms with E-state index in [0.29, 0.717) is 13.0 Å². The molecule has 1 aliphatic carbocycles. The van der Waals surface area contributed by atoms with Gasteiger partial charge in [0.2, 0.25) is 5.91 Å². The number of nitrogens with one attached hydrogen (secondary N) is 1. The van der Waals surface area contributed by atoms with E-state index >= 15 is 0 Å². The molecule has 1 aliphatic rings. The number of aromatic nitrogens is 1. The molecule has 0 saturated heterocycles. The molecular weight excluding hydrogens is 400 g/mol. The molecule has 1 heterocycles. The monoisotopic (exact) mass is 432 g/mol. The van der Waals surface area contributed by atoms with Gasteiger partial charge in [-0.3, -0.25) is 4.79 Å². The maximum atomic E-state index is 13.0. The van der Waals surface area contributed by atoms with Crippen LogP contribution in [0.25, 0.3) is 0 Å². The van der Waals surface area contributed by atoms with Crippen LogP contribution in [0.2, 0.25) is 0 Å². The average molecular weight is 433 g/mol. The number of benzene rings is 2. The average Bonchev–Trinajstić information content (AvgIpc) is 3.11. The van der Waals surface area contributed by atoms with Crippen LogP contribution < -0.4 is 10.1 Å². The summed E-state index contributed by atoms with van der Waals surface area (Å²) in [7, 11) is 0. The second-order valence-electron chi connectivity index (χ2n) is 8.97. The van der Waals surface area contributed by atoms with E-state index in [-0.39, 0.29) is 11.4 Å². The first-order valence-electron chi connectivity index (χ1n) is 11.5. The minimum absolute atomic E-state index is 0.0665. The minimum Gasteiger partial charge on any atom is -0.489 e. The summed E-state index contributed by atoms with van der Waals surface area (Å²) in [6.07, 6.45) is 5.87. The highest BCUT2D eigenvalue weighted by molar-refractivity contribution is 5.79. The van der Waals surface area contributed by atoms with Crippen LogP contribution in [0.15, 0.2) is 53.1 Å². The lowest BCUT2D eigenvalue weighted by molar-refractivity contribution is -0.123. The van der Waals surface area contributed by atoms with Crippen molar-refractivity contribution >= 4 is 5.91 Å². The van der Waals surface area contributed by atoms with Crippen LogP contribution in [-0.4, -0.2) is 11.1 Å². The van der Waals surface area contributed by atoms with Crippen molar-refractivity contribution < 1.29 is 14.1 Å². The van der Waals surface area contributed by atoms with E-state index in [1.807, 2.05) is 38.1 Å². The van der Waals surface area contributed by atoms with E-state index in [2.05, 4.69) is 41.7 Å². The fourth-order valence-electron chi connectivity index (χ4n) is 4.58. The third kappa shape index (κ3) is 5.04. The molecular formula is C27H32N2O3. The minimum atomic E-state index is -0.250. The van der Waals surface area contributed by atoms with E-state index in [9.17, 15) is 4.79 Å². The number of carbonyl (C=O) groups excluding carboxylic acids is 1. The first-order chi connectivity index (χ1) is 15.4. The van der Waals surface area contributed by atoms with Crippen molar-refractivity contribution in [3.63, 3.8) is 0 Å². The van der Waals surface area contributed by atoms with Gasteiger partial charge in [0.15, 0.2) is 0 Å². The first-order valence-corrected chi connectivity index (χ1v) is 11.5. The van der Waals surface area contributed by atoms with Crippen molar-refractivity contribution in [3.8, 4) is 5.75 Å². The van der Waals surface area contributed by atoms with Gasteiger partial charge in [-0.2, -0.15) is 0 Å². The maximum absolute atomic E-state index is 13.0. The van der Waals surface area contributed by atoms with Gasteiger partial charge >= 0.3 is 0 Å². The summed E-state index contributed by atoms with van der Waals surface area (Å²) in [5, 5.41) is 7.36. The Balaban J connectivity index is 1.38. The molecule has 1 amide bonds. The van der Waals surface area contributed by atoms with E-state index in [1.54, 1.807) is 0 Å². The van der Waals surface area contributed by atoms with E-state index in [1.165, 1.54) is 17.5 Å². The van der Waals surface area contributed by atoms with Crippen LogP contribution in [0.3, 0.4) is 0 Å². The zero-order valence-corrected chi connectivity index (χ0v) is 19.2. The standard InChI is InChI=1S/C27H32N2O3/c1-19-7-11-23(12-8-19)27(15-5-4-6-16-27)28-26(30)17-22-9-13-24(14-10-22)31-18-25-20(2)29-32-21(25)3/h7-14H,4-6,15-18H2,1-3H3,(H,28,30). The molecule has 2 aromatic carbocycles. The van der Waals surface area contributed by atoms with Gasteiger partial charge in [0.25, 0.3) is 0 Å². The molecule has 4 rings (SSSR count). The zero-order valence-electron chi connectivity index (χ0n) is 19.2. The molecule has 0 aliphatic heterocycles. The van der Waals surface area contributed by atoms with Gasteiger partial charge in [-0.05, 0) is 56.9 Å². The molecule has 32 heavy (non-hydrogen) atoms. The van der Waals surface area contributed by atoms with Crippen LogP contribution in [0.1, 0.15) is 65.8 Å². The van der Waals surface area contributed by atoms with Crippen LogP contribution in [0, 0.1) is 20.8 Å². The number of aryl methyl sites for hydroxylation is 3. The van der Waals surface area contributed by atoms with Gasteiger partial charge in [0.1, 0.15) is 18.1 Å². The molecule has 3 aromatic rings. The quantitative estimate of drug-likeness (QED) is 0.520. The Hall–Kier alpha value is -3.08. The number of hydrogen-bond donors (Lipinski definition) is 1. The molecule has 0 bridgehead atoms. The first kappa shape index (κ1) is 22.1. The van der Waals surface area contributed by atoms with Crippen molar-refractivity contribution in [2.45, 2.75) is 71.4 Å². The van der Waals surface area contributed by atoms with Crippen LogP contribution in [0.4, 0.5) is 0 Å². The molecule has 1 saturated carbocycles. The number of carbonyl (C=O) groups is 1. The Morgan fingerprint density at radius 1 is 1.00 bits per heavy atom. The fraction of sp³-hybridized carbons (Fsp3) is 0.407. The summed E-state index contributed by atoms with van der Waals surface area (Å²) in [6.45, 7) is 6.31. The molecule has 0 unspecified atom stereocenters. The van der Waals surface area contributed by atoms with Gasteiger partial charge in [0.05, 0.1) is 23.2 Å². The van der Waals surface area contributed by atoms with Gasteiger partial charge in [0, 0.05) is 0 Å². The SMILES string of the molecule is Cc1ccc(C2(NC(=O)Cc3ccc(OCc4c(C)noc4C)cc3)CCCCC2)cc1. The van der Waals surface area contributed by atoms with Gasteiger partial charge in [-0.1, -0.05) is 66.4 Å². The Morgan fingerprint density at radius 2 is 1.69 bits per heavy atom. The summed E-state index contributed by atoms with van der Waals surface area (Å²) in [5.41, 5.74) is 5.01. The number of nitrogens with zero attached hydrogens (tertiary/aromatic N) is 1. The number of rotatable bonds is 7. The smallest absolute Gasteiger partial charge is 0.225 e. The van der Waals surface area contributed by atoms with Gasteiger partial charge in [-0.15, -0.1) is 0 Å². The largest absolute Gasteiger partial charge is 0.489 e. The van der Waals surface area contributed by atoms with Gasteiger partial charge in [-0.25, -0.2) is 0 Å². The van der Waals surface area contributed by atoms with Crippen LogP contribution in [-0.2, 0) is 23.4 Å². The summed E-state index contributed by atoms with van der Waals surface area (Å²) in [6, 6.07) is 16.4. The summed E-state index contributed by atoms with van der Waals surface area (Å²) < 4.78 is 11.1. The molecule has 5 nitrogen and oxygen atoms in total. The summed E-state index contributed by atoms with van der Waals surface area (Å²) in [4.78, 5) is 13.0. The van der Waals surface area contributed by atoms with Crippen LogP contribution in [0.5, 0.6) is 5.75 Å². The highest BCUT2D eigenvalue weighted by atomic mass is 16.5. The lowest BCUT2D eigenvalue weighted by Gasteiger charge is -2.39. The molecule has 5 heteroatoms. The number of amides is 1. The third-order valence-corrected chi connectivity index (χ3v) is 6.54. The summed E-state index contributed by atoms with van der Waals surface area (Å²) in [5.74, 6) is 1.61. The Kier molecular flexibility index (Phi) is 6.63. The predicted molar refractivity (Wildman–Crippen MR) is 125 cm³/mol. The molecule has 0 spiro atoms. The zero-order chi connectivity index (χ0) is 22.6. The lowest BCUT2D eigenvalue weighted by Crippen LogP contribution is -2.47. The Bertz CT molecular complexity index is 1030. The molecule has 0 radical (unpaired) electrons. The summed E-state index contributed by atoms with van der Waals surface area (Å²) >= 11 is 0. The molecule has 1 fully saturated rings. The number of hydrogen-bond acceptors (Lipinski definition) is 4. The van der Waals surface area contributed by atoms with Crippen molar-refractivity contribution in [1.82, 2.24) is 10.5 Å². The van der Waals surface area contributed by atoms with Crippen molar-refractivity contribution in [2.75, 3.05) is 0 Å². The molecule has 0 atom stereocenters. The second kappa shape index (κ2) is 9.60. The van der Waals surface area contributed by atoms with E-state index in [0.717, 1.165) is 54.0 Å². The number of ether oxygens (including phenoxy) is 1. The topological polar surface area (TPSA) is 64.4 Å². The lowest BCUT2D eigenvalue weighted by atomic mass is 9.76. The molecule has 1 N–H and O–H groups in total. The van der Waals surface area contributed by atoms with Crippen molar-refractivity contribution in [3.05, 3.63) is 82.2 Å². The van der Waals surface area contributed by atoms with E-state index < -0.39 is 0 Å².